The number of nitrogens with one attached hydrogen (secondary N) is 1. The van der Waals surface area contributed by atoms with Crippen molar-refractivity contribution in [1.82, 2.24) is 19.3 Å². The Labute approximate surface area is 206 Å². The predicted molar refractivity (Wildman–Crippen MR) is 140 cm³/mol. The average molecular weight is 482 g/mol. The van der Waals surface area contributed by atoms with E-state index in [1.807, 2.05) is 91.3 Å². The predicted octanol–water partition coefficient (Wildman–Crippen LogP) is 4.92. The minimum Gasteiger partial charge on any atom is -0.322 e. The number of anilines is 1. The number of para-hydroxylation sites is 3. The Morgan fingerprint density at radius 1 is 0.886 bits per heavy atom. The van der Waals surface area contributed by atoms with Crippen molar-refractivity contribution in [2.75, 3.05) is 11.1 Å². The van der Waals surface area contributed by atoms with Crippen molar-refractivity contribution in [2.45, 2.75) is 19.0 Å². The molecule has 0 fully saturated rings. The van der Waals surface area contributed by atoms with Gasteiger partial charge in [-0.05, 0) is 50.2 Å². The molecule has 0 aliphatic heterocycles. The van der Waals surface area contributed by atoms with E-state index in [4.69, 9.17) is 4.98 Å². The van der Waals surface area contributed by atoms with Gasteiger partial charge < -0.3 is 5.32 Å². The first-order valence-corrected chi connectivity index (χ1v) is 12.1. The molecule has 5 rings (SSSR count). The number of hydrogen-bond donors (Lipinski definition) is 1. The summed E-state index contributed by atoms with van der Waals surface area (Å²) in [5.41, 5.74) is 4.33. The molecule has 0 saturated carbocycles. The smallest absolute Gasteiger partial charge is 0.266 e. The van der Waals surface area contributed by atoms with Gasteiger partial charge in [0, 0.05) is 0 Å². The van der Waals surface area contributed by atoms with E-state index in [0.717, 1.165) is 17.1 Å². The van der Waals surface area contributed by atoms with Gasteiger partial charge >= 0.3 is 0 Å². The van der Waals surface area contributed by atoms with Crippen LogP contribution in [-0.4, -0.2) is 31.0 Å². The van der Waals surface area contributed by atoms with Crippen LogP contribution in [0.1, 0.15) is 11.4 Å². The molecule has 174 valence electrons. The van der Waals surface area contributed by atoms with Gasteiger partial charge in [0.05, 0.1) is 45.1 Å². The molecule has 8 heteroatoms. The molecule has 0 aliphatic rings. The van der Waals surface area contributed by atoms with E-state index in [1.165, 1.54) is 11.8 Å². The Morgan fingerprint density at radius 2 is 1.51 bits per heavy atom. The molecule has 2 aromatic heterocycles. The van der Waals surface area contributed by atoms with E-state index in [0.29, 0.717) is 27.4 Å². The molecular weight excluding hydrogens is 458 g/mol. The number of carbonyl (C=O) groups excluding carboxylic acids is 1. The molecule has 7 nitrogen and oxygen atoms in total. The summed E-state index contributed by atoms with van der Waals surface area (Å²) in [6.07, 6.45) is 0. The Kier molecular flexibility index (Phi) is 6.20. The largest absolute Gasteiger partial charge is 0.322 e. The van der Waals surface area contributed by atoms with Crippen LogP contribution in [0.15, 0.2) is 94.9 Å². The highest BCUT2D eigenvalue weighted by Crippen LogP contribution is 2.25. The summed E-state index contributed by atoms with van der Waals surface area (Å²) >= 11 is 1.23. The SMILES string of the molecule is Cc1nn(-c2ccccc2)c(C)c1NC(=O)CSc1nc2ccccc2c(=O)n1-c1ccccc1. The van der Waals surface area contributed by atoms with E-state index >= 15 is 0 Å². The number of aryl methyl sites for hydroxylation is 1. The Bertz CT molecular complexity index is 1580. The molecule has 0 aliphatic carbocycles. The van der Waals surface area contributed by atoms with Crippen LogP contribution in [0.4, 0.5) is 5.69 Å². The zero-order valence-electron chi connectivity index (χ0n) is 19.3. The first-order chi connectivity index (χ1) is 17.0. The standard InChI is InChI=1S/C27H23N5O2S/c1-18-25(19(2)32(30-18)21-13-7-4-8-14-21)29-24(33)17-35-27-28-23-16-10-9-15-22(23)26(34)31(27)20-11-5-3-6-12-20/h3-16H,17H2,1-2H3,(H,29,33). The molecule has 0 atom stereocenters. The van der Waals surface area contributed by atoms with Gasteiger partial charge in [-0.15, -0.1) is 0 Å². The molecule has 0 bridgehead atoms. The molecule has 0 radical (unpaired) electrons. The van der Waals surface area contributed by atoms with Crippen LogP contribution in [0, 0.1) is 13.8 Å². The third kappa shape index (κ3) is 4.48. The number of benzene rings is 3. The van der Waals surface area contributed by atoms with Crippen LogP contribution in [0.25, 0.3) is 22.3 Å². The number of amides is 1. The molecule has 0 spiro atoms. The maximum absolute atomic E-state index is 13.3. The van der Waals surface area contributed by atoms with Gasteiger partial charge in [0.1, 0.15) is 0 Å². The lowest BCUT2D eigenvalue weighted by Crippen LogP contribution is -2.23. The van der Waals surface area contributed by atoms with Crippen LogP contribution in [0.2, 0.25) is 0 Å². The molecule has 1 N–H and O–H groups in total. The Hall–Kier alpha value is -4.17. The molecule has 3 aromatic carbocycles. The second kappa shape index (κ2) is 9.60. The van der Waals surface area contributed by atoms with Gasteiger partial charge in [-0.3, -0.25) is 14.2 Å². The lowest BCUT2D eigenvalue weighted by molar-refractivity contribution is -0.113. The molecule has 0 unspecified atom stereocenters. The monoisotopic (exact) mass is 481 g/mol. The fourth-order valence-corrected chi connectivity index (χ4v) is 4.78. The number of aromatic nitrogens is 4. The molecule has 35 heavy (non-hydrogen) atoms. The Balaban J connectivity index is 1.42. The van der Waals surface area contributed by atoms with Gasteiger partial charge in [0.15, 0.2) is 5.16 Å². The first-order valence-electron chi connectivity index (χ1n) is 11.1. The minimum atomic E-state index is -0.198. The summed E-state index contributed by atoms with van der Waals surface area (Å²) in [6, 6.07) is 26.4. The first kappa shape index (κ1) is 22.6. The third-order valence-electron chi connectivity index (χ3n) is 5.65. The maximum Gasteiger partial charge on any atom is 0.266 e. The number of rotatable bonds is 6. The lowest BCUT2D eigenvalue weighted by Gasteiger charge is -2.13. The quantitative estimate of drug-likeness (QED) is 0.275. The molecular formula is C27H23N5O2S. The summed E-state index contributed by atoms with van der Waals surface area (Å²) in [4.78, 5) is 31.0. The number of thioether (sulfide) groups is 1. The van der Waals surface area contributed by atoms with Crippen LogP contribution in [0.3, 0.4) is 0 Å². The highest BCUT2D eigenvalue weighted by Gasteiger charge is 2.18. The van der Waals surface area contributed by atoms with Gasteiger partial charge in [-0.1, -0.05) is 60.3 Å². The summed E-state index contributed by atoms with van der Waals surface area (Å²) in [5, 5.41) is 8.57. The number of nitrogens with zero attached hydrogens (tertiary/aromatic N) is 4. The van der Waals surface area contributed by atoms with Crippen LogP contribution >= 0.6 is 11.8 Å². The van der Waals surface area contributed by atoms with Crippen LogP contribution < -0.4 is 10.9 Å². The van der Waals surface area contributed by atoms with E-state index in [9.17, 15) is 9.59 Å². The van der Waals surface area contributed by atoms with Crippen molar-refractivity contribution in [3.8, 4) is 11.4 Å². The van der Waals surface area contributed by atoms with Crippen LogP contribution in [-0.2, 0) is 4.79 Å². The second-order valence-corrected chi connectivity index (χ2v) is 8.96. The summed E-state index contributed by atoms with van der Waals surface area (Å²) < 4.78 is 3.38. The van der Waals surface area contributed by atoms with E-state index < -0.39 is 0 Å². The lowest BCUT2D eigenvalue weighted by atomic mass is 10.2. The fourth-order valence-electron chi connectivity index (χ4n) is 3.96. The minimum absolute atomic E-state index is 0.0903. The normalized spacial score (nSPS) is 11.0. The van der Waals surface area contributed by atoms with Crippen molar-refractivity contribution in [1.29, 1.82) is 0 Å². The number of fused-ring (bicyclic) bond motifs is 1. The fraction of sp³-hybridized carbons (Fsp3) is 0.111. The molecule has 0 saturated heterocycles. The third-order valence-corrected chi connectivity index (χ3v) is 6.59. The van der Waals surface area contributed by atoms with Gasteiger partial charge in [-0.2, -0.15) is 5.10 Å². The van der Waals surface area contributed by atoms with Crippen molar-refractivity contribution >= 4 is 34.3 Å². The van der Waals surface area contributed by atoms with E-state index in [-0.39, 0.29) is 17.2 Å². The van der Waals surface area contributed by atoms with Crippen molar-refractivity contribution in [2.24, 2.45) is 0 Å². The molecule has 1 amide bonds. The van der Waals surface area contributed by atoms with Gasteiger partial charge in [0.25, 0.3) is 5.56 Å². The van der Waals surface area contributed by atoms with Gasteiger partial charge in [-0.25, -0.2) is 9.67 Å². The zero-order chi connectivity index (χ0) is 24.4. The summed E-state index contributed by atoms with van der Waals surface area (Å²) in [6.45, 7) is 3.79. The maximum atomic E-state index is 13.3. The van der Waals surface area contributed by atoms with E-state index in [2.05, 4.69) is 10.4 Å². The van der Waals surface area contributed by atoms with Gasteiger partial charge in [0.2, 0.25) is 5.91 Å². The number of carbonyl (C=O) groups is 1. The highest BCUT2D eigenvalue weighted by molar-refractivity contribution is 7.99. The van der Waals surface area contributed by atoms with Crippen LogP contribution in [0.5, 0.6) is 0 Å². The van der Waals surface area contributed by atoms with Crippen molar-refractivity contribution < 1.29 is 4.79 Å². The zero-order valence-corrected chi connectivity index (χ0v) is 20.1. The average Bonchev–Trinajstić information content (AvgIpc) is 3.17. The summed E-state index contributed by atoms with van der Waals surface area (Å²) in [7, 11) is 0. The molecule has 2 heterocycles. The van der Waals surface area contributed by atoms with Crippen molar-refractivity contribution in [3.05, 3.63) is 107 Å². The summed E-state index contributed by atoms with van der Waals surface area (Å²) in [5.74, 6) is -0.108. The molecule has 5 aromatic rings. The second-order valence-electron chi connectivity index (χ2n) is 8.02. The van der Waals surface area contributed by atoms with E-state index in [1.54, 1.807) is 16.7 Å². The highest BCUT2D eigenvalue weighted by atomic mass is 32.2. The topological polar surface area (TPSA) is 81.8 Å². The number of hydrogen-bond acceptors (Lipinski definition) is 5. The van der Waals surface area contributed by atoms with Crippen molar-refractivity contribution in [3.63, 3.8) is 0 Å². The Morgan fingerprint density at radius 3 is 2.23 bits per heavy atom.